The fraction of sp³-hybridized carbons (Fsp3) is 0.909. The first-order chi connectivity index (χ1) is 7.47. The summed E-state index contributed by atoms with van der Waals surface area (Å²) in [5.74, 6) is -0.408. The van der Waals surface area contributed by atoms with E-state index >= 15 is 0 Å². The monoisotopic (exact) mass is 232 g/mol. The highest BCUT2D eigenvalue weighted by Gasteiger charge is 2.35. The molecule has 2 unspecified atom stereocenters. The van der Waals surface area contributed by atoms with Crippen molar-refractivity contribution in [3.8, 4) is 0 Å². The summed E-state index contributed by atoms with van der Waals surface area (Å²) in [4.78, 5) is 21.0. The Morgan fingerprint density at radius 1 is 1.69 bits per heavy atom. The van der Waals surface area contributed by atoms with Gasteiger partial charge >= 0.3 is 5.97 Å². The van der Waals surface area contributed by atoms with Crippen LogP contribution < -0.4 is 0 Å². The lowest BCUT2D eigenvalue weighted by molar-refractivity contribution is -0.415. The molecule has 0 amide bonds. The molecule has 94 valence electrons. The van der Waals surface area contributed by atoms with Crippen molar-refractivity contribution in [1.29, 1.82) is 0 Å². The van der Waals surface area contributed by atoms with Gasteiger partial charge in [0.15, 0.2) is 0 Å². The molecule has 0 aliphatic carbocycles. The van der Waals surface area contributed by atoms with Crippen LogP contribution in [0.4, 0.5) is 0 Å². The van der Waals surface area contributed by atoms with Crippen molar-refractivity contribution in [3.05, 3.63) is 0 Å². The summed E-state index contributed by atoms with van der Waals surface area (Å²) in [5, 5.41) is 9.68. The minimum Gasteiger partial charge on any atom is -0.463 e. The Bertz CT molecular complexity index is 233. The molecular formula is C11H20O5. The minimum atomic E-state index is -0.828. The molecule has 0 aromatic heterocycles. The number of esters is 1. The molecule has 0 spiro atoms. The number of aliphatic hydroxyl groups excluding tert-OH is 1. The molecule has 1 aliphatic heterocycles. The molecule has 5 nitrogen and oxygen atoms in total. The summed E-state index contributed by atoms with van der Waals surface area (Å²) in [5.41, 5.74) is -0.266. The van der Waals surface area contributed by atoms with E-state index < -0.39 is 18.2 Å². The van der Waals surface area contributed by atoms with Gasteiger partial charge in [-0.25, -0.2) is 9.78 Å². The molecule has 1 fully saturated rings. The molecule has 0 saturated carbocycles. The number of rotatable bonds is 4. The van der Waals surface area contributed by atoms with Crippen molar-refractivity contribution in [2.75, 3.05) is 6.61 Å². The van der Waals surface area contributed by atoms with Gasteiger partial charge in [0, 0.05) is 6.92 Å². The van der Waals surface area contributed by atoms with Gasteiger partial charge in [0.25, 0.3) is 0 Å². The topological polar surface area (TPSA) is 65.0 Å². The molecule has 0 bridgehead atoms. The maximum atomic E-state index is 10.6. The van der Waals surface area contributed by atoms with Gasteiger partial charge in [-0.05, 0) is 26.2 Å². The maximum absolute atomic E-state index is 10.6. The van der Waals surface area contributed by atoms with Crippen LogP contribution in [0, 0.1) is 0 Å². The van der Waals surface area contributed by atoms with E-state index in [4.69, 9.17) is 14.5 Å². The quantitative estimate of drug-likeness (QED) is 0.582. The van der Waals surface area contributed by atoms with E-state index in [0.717, 1.165) is 12.8 Å². The average Bonchev–Trinajstić information content (AvgIpc) is 2.27. The second-order valence-electron chi connectivity index (χ2n) is 4.43. The van der Waals surface area contributed by atoms with Gasteiger partial charge < -0.3 is 9.84 Å². The fourth-order valence-electron chi connectivity index (χ4n) is 1.52. The summed E-state index contributed by atoms with van der Waals surface area (Å²) >= 11 is 0. The van der Waals surface area contributed by atoms with Crippen LogP contribution in [0.2, 0.25) is 0 Å². The second kappa shape index (κ2) is 5.61. The van der Waals surface area contributed by atoms with Gasteiger partial charge in [-0.3, -0.25) is 4.79 Å². The highest BCUT2D eigenvalue weighted by Crippen LogP contribution is 2.30. The van der Waals surface area contributed by atoms with Crippen molar-refractivity contribution in [3.63, 3.8) is 0 Å². The third-order valence-electron chi connectivity index (χ3n) is 2.96. The zero-order valence-electron chi connectivity index (χ0n) is 10.1. The van der Waals surface area contributed by atoms with Crippen molar-refractivity contribution in [2.45, 2.75) is 57.8 Å². The minimum absolute atomic E-state index is 0.0494. The largest absolute Gasteiger partial charge is 0.463 e. The van der Waals surface area contributed by atoms with Crippen LogP contribution in [0.15, 0.2) is 0 Å². The average molecular weight is 232 g/mol. The van der Waals surface area contributed by atoms with Gasteiger partial charge in [0.1, 0.15) is 24.4 Å². The molecule has 0 radical (unpaired) electrons. The van der Waals surface area contributed by atoms with Gasteiger partial charge in [-0.15, -0.1) is 0 Å². The molecule has 1 N–H and O–H groups in total. The van der Waals surface area contributed by atoms with Crippen molar-refractivity contribution < 1.29 is 24.4 Å². The molecule has 1 heterocycles. The Hall–Kier alpha value is -0.650. The molecule has 16 heavy (non-hydrogen) atoms. The van der Waals surface area contributed by atoms with Gasteiger partial charge in [0.05, 0.1) is 0 Å². The zero-order chi connectivity index (χ0) is 12.2. The molecule has 3 atom stereocenters. The molecule has 5 heteroatoms. The molecule has 1 rings (SSSR count). The predicted molar refractivity (Wildman–Crippen MR) is 56.5 cm³/mol. The van der Waals surface area contributed by atoms with Gasteiger partial charge in [-0.2, -0.15) is 0 Å². The zero-order valence-corrected chi connectivity index (χ0v) is 10.1. The van der Waals surface area contributed by atoms with E-state index in [9.17, 15) is 9.90 Å². The maximum Gasteiger partial charge on any atom is 0.302 e. The number of carbonyl (C=O) groups is 1. The third-order valence-corrected chi connectivity index (χ3v) is 2.96. The van der Waals surface area contributed by atoms with Gasteiger partial charge in [0.2, 0.25) is 0 Å². The lowest BCUT2D eigenvalue weighted by atomic mass is 9.93. The summed E-state index contributed by atoms with van der Waals surface area (Å²) in [6, 6.07) is 0. The summed E-state index contributed by atoms with van der Waals surface area (Å²) < 4.78 is 4.71. The Labute approximate surface area is 95.6 Å². The Morgan fingerprint density at radius 2 is 2.38 bits per heavy atom. The van der Waals surface area contributed by atoms with E-state index in [0.29, 0.717) is 6.42 Å². The van der Waals surface area contributed by atoms with E-state index in [-0.39, 0.29) is 12.2 Å². The smallest absolute Gasteiger partial charge is 0.302 e. The lowest BCUT2D eigenvalue weighted by Gasteiger charge is -2.36. The van der Waals surface area contributed by atoms with Crippen molar-refractivity contribution in [1.82, 2.24) is 0 Å². The van der Waals surface area contributed by atoms with Crippen molar-refractivity contribution in [2.24, 2.45) is 0 Å². The first kappa shape index (κ1) is 13.4. The van der Waals surface area contributed by atoms with Crippen molar-refractivity contribution >= 4 is 5.97 Å². The van der Waals surface area contributed by atoms with Crippen LogP contribution in [0.25, 0.3) is 0 Å². The Morgan fingerprint density at radius 3 is 2.81 bits per heavy atom. The number of hydrogen-bond donors (Lipinski definition) is 1. The van der Waals surface area contributed by atoms with E-state index in [1.54, 1.807) is 0 Å². The number of hydrogen-bond acceptors (Lipinski definition) is 5. The first-order valence-electron chi connectivity index (χ1n) is 5.63. The summed E-state index contributed by atoms with van der Waals surface area (Å²) in [6.45, 7) is 5.26. The van der Waals surface area contributed by atoms with E-state index in [1.807, 2.05) is 13.8 Å². The Kier molecular flexibility index (Phi) is 4.70. The van der Waals surface area contributed by atoms with Crippen LogP contribution in [0.1, 0.15) is 40.0 Å². The Balaban J connectivity index is 2.32. The predicted octanol–water partition coefficient (Wildman–Crippen LogP) is 1.19. The van der Waals surface area contributed by atoms with Crippen LogP contribution in [0.3, 0.4) is 0 Å². The summed E-state index contributed by atoms with van der Waals surface area (Å²) in [6.07, 6.45) is 1.14. The number of carbonyl (C=O) groups excluding carboxylic acids is 1. The standard InChI is InChI=1S/C11H20O5/c1-4-11(3)6-5-10(15-16-11)9(13)7-14-8(2)12/h9-10,13H,4-7H2,1-3H3/t9?,10-,11?/m0/s1. The number of ether oxygens (including phenoxy) is 1. The SMILES string of the molecule is CCC1(C)CC[C@@H](C(O)COC(C)=O)OO1. The first-order valence-corrected chi connectivity index (χ1v) is 5.63. The van der Waals surface area contributed by atoms with Crippen LogP contribution in [0.5, 0.6) is 0 Å². The fourth-order valence-corrected chi connectivity index (χ4v) is 1.52. The van der Waals surface area contributed by atoms with E-state index in [1.165, 1.54) is 6.92 Å². The van der Waals surface area contributed by atoms with Crippen LogP contribution in [-0.4, -0.2) is 35.5 Å². The molecular weight excluding hydrogens is 212 g/mol. The third kappa shape index (κ3) is 3.73. The molecule has 0 aromatic carbocycles. The van der Waals surface area contributed by atoms with E-state index in [2.05, 4.69) is 0 Å². The molecule has 1 aliphatic rings. The molecule has 0 aromatic rings. The second-order valence-corrected chi connectivity index (χ2v) is 4.43. The molecule has 1 saturated heterocycles. The van der Waals surface area contributed by atoms with Crippen LogP contribution in [-0.2, 0) is 19.3 Å². The lowest BCUT2D eigenvalue weighted by Crippen LogP contribution is -2.43. The highest BCUT2D eigenvalue weighted by atomic mass is 17.2. The van der Waals surface area contributed by atoms with Gasteiger partial charge in [-0.1, -0.05) is 6.92 Å². The van der Waals surface area contributed by atoms with Crippen LogP contribution >= 0.6 is 0 Å². The summed E-state index contributed by atoms with van der Waals surface area (Å²) in [7, 11) is 0. The number of aliphatic hydroxyl groups is 1. The highest BCUT2D eigenvalue weighted by molar-refractivity contribution is 5.65. The normalized spacial score (nSPS) is 32.1.